The molecule has 1 saturated heterocycles. The summed E-state index contributed by atoms with van der Waals surface area (Å²) in [6.07, 6.45) is 2.62. The van der Waals surface area contributed by atoms with E-state index in [-0.39, 0.29) is 0 Å². The highest BCUT2D eigenvalue weighted by Crippen LogP contribution is 2.38. The van der Waals surface area contributed by atoms with Gasteiger partial charge in [-0.25, -0.2) is 0 Å². The first-order chi connectivity index (χ1) is 6.49. The first kappa shape index (κ1) is 12.0. The zero-order valence-corrected chi connectivity index (χ0v) is 10.2. The van der Waals surface area contributed by atoms with Gasteiger partial charge < -0.3 is 10.6 Å². The van der Waals surface area contributed by atoms with Gasteiger partial charge in [0, 0.05) is 6.04 Å². The summed E-state index contributed by atoms with van der Waals surface area (Å²) in [7, 11) is 0. The highest BCUT2D eigenvalue weighted by molar-refractivity contribution is 4.87. The Morgan fingerprint density at radius 2 is 1.71 bits per heavy atom. The third kappa shape index (κ3) is 2.48. The largest absolute Gasteiger partial charge is 0.330 e. The standard InChI is InChI=1S/C12H26N2/c1-10(2)14-7-5-12(4,6-8-14)11(3)9-13/h10-11H,5-9,13H2,1-4H3. The number of rotatable bonds is 3. The van der Waals surface area contributed by atoms with Crippen molar-refractivity contribution in [2.45, 2.75) is 46.6 Å². The fourth-order valence-corrected chi connectivity index (χ4v) is 2.33. The van der Waals surface area contributed by atoms with Crippen LogP contribution in [-0.4, -0.2) is 30.6 Å². The lowest BCUT2D eigenvalue weighted by Gasteiger charge is -2.44. The summed E-state index contributed by atoms with van der Waals surface area (Å²) in [5.74, 6) is 0.664. The molecule has 14 heavy (non-hydrogen) atoms. The maximum absolute atomic E-state index is 5.77. The van der Waals surface area contributed by atoms with Crippen molar-refractivity contribution in [1.82, 2.24) is 4.90 Å². The van der Waals surface area contributed by atoms with E-state index in [1.54, 1.807) is 0 Å². The zero-order valence-electron chi connectivity index (χ0n) is 10.2. The van der Waals surface area contributed by atoms with E-state index in [0.29, 0.717) is 17.4 Å². The Balaban J connectivity index is 2.48. The molecule has 2 nitrogen and oxygen atoms in total. The maximum atomic E-state index is 5.77. The van der Waals surface area contributed by atoms with Gasteiger partial charge in [0.2, 0.25) is 0 Å². The molecule has 1 heterocycles. The SMILES string of the molecule is CC(C)N1CCC(C)(C(C)CN)CC1. The third-order valence-electron chi connectivity index (χ3n) is 4.21. The molecule has 1 unspecified atom stereocenters. The van der Waals surface area contributed by atoms with E-state index in [1.807, 2.05) is 0 Å². The van der Waals surface area contributed by atoms with E-state index < -0.39 is 0 Å². The van der Waals surface area contributed by atoms with Crippen molar-refractivity contribution in [1.29, 1.82) is 0 Å². The van der Waals surface area contributed by atoms with E-state index >= 15 is 0 Å². The number of hydrogen-bond donors (Lipinski definition) is 1. The van der Waals surface area contributed by atoms with Gasteiger partial charge in [0.15, 0.2) is 0 Å². The molecule has 0 radical (unpaired) electrons. The summed E-state index contributed by atoms with van der Waals surface area (Å²) in [6.45, 7) is 12.6. The molecule has 84 valence electrons. The van der Waals surface area contributed by atoms with Crippen LogP contribution in [0.2, 0.25) is 0 Å². The summed E-state index contributed by atoms with van der Waals surface area (Å²) in [5.41, 5.74) is 6.26. The van der Waals surface area contributed by atoms with Crippen LogP contribution < -0.4 is 5.73 Å². The van der Waals surface area contributed by atoms with Crippen molar-refractivity contribution in [3.05, 3.63) is 0 Å². The van der Waals surface area contributed by atoms with Gasteiger partial charge in [0.25, 0.3) is 0 Å². The van der Waals surface area contributed by atoms with Crippen LogP contribution >= 0.6 is 0 Å². The van der Waals surface area contributed by atoms with Crippen LogP contribution in [0, 0.1) is 11.3 Å². The molecule has 0 aromatic rings. The lowest BCUT2D eigenvalue weighted by Crippen LogP contribution is -2.45. The molecule has 0 aromatic heterocycles. The number of hydrogen-bond acceptors (Lipinski definition) is 2. The van der Waals surface area contributed by atoms with Crippen LogP contribution in [0.15, 0.2) is 0 Å². The summed E-state index contributed by atoms with van der Waals surface area (Å²) in [4.78, 5) is 2.57. The molecular weight excluding hydrogens is 172 g/mol. The minimum absolute atomic E-state index is 0.486. The van der Waals surface area contributed by atoms with Crippen molar-refractivity contribution in [3.8, 4) is 0 Å². The van der Waals surface area contributed by atoms with Gasteiger partial charge >= 0.3 is 0 Å². The smallest absolute Gasteiger partial charge is 0.00385 e. The topological polar surface area (TPSA) is 29.3 Å². The summed E-state index contributed by atoms with van der Waals surface area (Å²) in [5, 5.41) is 0. The molecule has 0 aromatic carbocycles. The Morgan fingerprint density at radius 1 is 1.21 bits per heavy atom. The molecule has 1 fully saturated rings. The molecule has 2 heteroatoms. The molecule has 0 aliphatic carbocycles. The van der Waals surface area contributed by atoms with Gasteiger partial charge in [-0.2, -0.15) is 0 Å². The van der Waals surface area contributed by atoms with Gasteiger partial charge in [-0.15, -0.1) is 0 Å². The average molecular weight is 198 g/mol. The lowest BCUT2D eigenvalue weighted by molar-refractivity contribution is 0.0583. The Bertz CT molecular complexity index is 169. The van der Waals surface area contributed by atoms with Gasteiger partial charge in [0.1, 0.15) is 0 Å². The van der Waals surface area contributed by atoms with Crippen molar-refractivity contribution < 1.29 is 0 Å². The van der Waals surface area contributed by atoms with Crippen LogP contribution in [0.25, 0.3) is 0 Å². The lowest BCUT2D eigenvalue weighted by atomic mass is 9.71. The predicted octanol–water partition coefficient (Wildman–Crippen LogP) is 2.09. The molecule has 2 N–H and O–H groups in total. The van der Waals surface area contributed by atoms with Gasteiger partial charge in [-0.3, -0.25) is 0 Å². The summed E-state index contributed by atoms with van der Waals surface area (Å²) in [6, 6.07) is 0.702. The molecule has 1 aliphatic heterocycles. The average Bonchev–Trinajstić information content (AvgIpc) is 2.17. The van der Waals surface area contributed by atoms with Crippen molar-refractivity contribution in [2.75, 3.05) is 19.6 Å². The molecule has 0 amide bonds. The van der Waals surface area contributed by atoms with Crippen LogP contribution in [0.4, 0.5) is 0 Å². The quantitative estimate of drug-likeness (QED) is 0.752. The van der Waals surface area contributed by atoms with E-state index in [0.717, 1.165) is 6.54 Å². The first-order valence-corrected chi connectivity index (χ1v) is 5.93. The van der Waals surface area contributed by atoms with Gasteiger partial charge in [0.05, 0.1) is 0 Å². The van der Waals surface area contributed by atoms with Gasteiger partial charge in [-0.1, -0.05) is 13.8 Å². The van der Waals surface area contributed by atoms with E-state index in [2.05, 4.69) is 32.6 Å². The molecule has 1 rings (SSSR count). The zero-order chi connectivity index (χ0) is 10.8. The Kier molecular flexibility index (Phi) is 3.96. The second-order valence-electron chi connectivity index (χ2n) is 5.42. The highest BCUT2D eigenvalue weighted by Gasteiger charge is 2.34. The molecule has 0 saturated carbocycles. The van der Waals surface area contributed by atoms with Gasteiger partial charge in [-0.05, 0) is 57.7 Å². The Morgan fingerprint density at radius 3 is 2.07 bits per heavy atom. The molecule has 0 spiro atoms. The van der Waals surface area contributed by atoms with E-state index in [4.69, 9.17) is 5.73 Å². The van der Waals surface area contributed by atoms with Crippen LogP contribution in [0.5, 0.6) is 0 Å². The molecule has 1 atom stereocenters. The van der Waals surface area contributed by atoms with E-state index in [9.17, 15) is 0 Å². The minimum atomic E-state index is 0.486. The van der Waals surface area contributed by atoms with Crippen molar-refractivity contribution >= 4 is 0 Å². The number of likely N-dealkylation sites (tertiary alicyclic amines) is 1. The molecule has 0 bridgehead atoms. The highest BCUT2D eigenvalue weighted by atomic mass is 15.2. The minimum Gasteiger partial charge on any atom is -0.330 e. The monoisotopic (exact) mass is 198 g/mol. The first-order valence-electron chi connectivity index (χ1n) is 5.93. The number of nitrogens with zero attached hydrogens (tertiary/aromatic N) is 1. The maximum Gasteiger partial charge on any atom is 0.00385 e. The fraction of sp³-hybridized carbons (Fsp3) is 1.00. The number of nitrogens with two attached hydrogens (primary N) is 1. The normalized spacial score (nSPS) is 25.3. The predicted molar refractivity (Wildman–Crippen MR) is 62.3 cm³/mol. The Labute approximate surface area is 88.8 Å². The summed E-state index contributed by atoms with van der Waals surface area (Å²) >= 11 is 0. The van der Waals surface area contributed by atoms with Crippen LogP contribution in [0.1, 0.15) is 40.5 Å². The molecular formula is C12H26N2. The van der Waals surface area contributed by atoms with E-state index in [1.165, 1.54) is 25.9 Å². The molecule has 1 aliphatic rings. The second kappa shape index (κ2) is 4.63. The van der Waals surface area contributed by atoms with Crippen LogP contribution in [0.3, 0.4) is 0 Å². The number of piperidine rings is 1. The fourth-order valence-electron chi connectivity index (χ4n) is 2.33. The van der Waals surface area contributed by atoms with Crippen LogP contribution in [-0.2, 0) is 0 Å². The van der Waals surface area contributed by atoms with Crippen molar-refractivity contribution in [2.24, 2.45) is 17.1 Å². The van der Waals surface area contributed by atoms with Crippen molar-refractivity contribution in [3.63, 3.8) is 0 Å². The Hall–Kier alpha value is -0.0800. The third-order valence-corrected chi connectivity index (χ3v) is 4.21. The summed E-state index contributed by atoms with van der Waals surface area (Å²) < 4.78 is 0. The second-order valence-corrected chi connectivity index (χ2v) is 5.42.